The maximum absolute atomic E-state index is 13.4. The fraction of sp³-hybridized carbons (Fsp3) is 0.545. The quantitative estimate of drug-likeness (QED) is 0.580. The molecule has 1 fully saturated rings. The van der Waals surface area contributed by atoms with Crippen molar-refractivity contribution in [3.63, 3.8) is 0 Å². The first-order chi connectivity index (χ1) is 16.3. The lowest BCUT2D eigenvalue weighted by Crippen LogP contribution is -2.52. The highest BCUT2D eigenvalue weighted by Crippen LogP contribution is 2.29. The first kappa shape index (κ1) is 27.1. The number of carbonyl (C=O) groups excluding carboxylic acids is 1. The summed E-state index contributed by atoms with van der Waals surface area (Å²) in [5.74, 6) is -0.787. The minimum atomic E-state index is -4.67. The average molecular weight is 517 g/mol. The van der Waals surface area contributed by atoms with E-state index >= 15 is 0 Å². The fourth-order valence-corrected chi connectivity index (χ4v) is 5.68. The van der Waals surface area contributed by atoms with Gasteiger partial charge in [-0.05, 0) is 64.7 Å². The predicted octanol–water partition coefficient (Wildman–Crippen LogP) is 2.69. The summed E-state index contributed by atoms with van der Waals surface area (Å²) in [5.41, 5.74) is -1.19. The van der Waals surface area contributed by atoms with Gasteiger partial charge in [0.25, 0.3) is 5.91 Å². The van der Waals surface area contributed by atoms with Gasteiger partial charge in [0.2, 0.25) is 10.0 Å². The van der Waals surface area contributed by atoms with E-state index in [9.17, 15) is 26.4 Å². The number of sulfonamides is 1. The number of aryl methyl sites for hydroxylation is 1. The van der Waals surface area contributed by atoms with E-state index in [-0.39, 0.29) is 22.4 Å². The van der Waals surface area contributed by atoms with Gasteiger partial charge in [-0.2, -0.15) is 22.6 Å². The van der Waals surface area contributed by atoms with E-state index in [0.29, 0.717) is 12.6 Å². The van der Waals surface area contributed by atoms with Crippen molar-refractivity contribution in [2.75, 3.05) is 46.1 Å². The molecule has 194 valence electrons. The summed E-state index contributed by atoms with van der Waals surface area (Å²) < 4.78 is 67.8. The molecule has 1 atom stereocenters. The van der Waals surface area contributed by atoms with Crippen molar-refractivity contribution in [3.8, 4) is 0 Å². The van der Waals surface area contributed by atoms with Crippen LogP contribution in [0, 0.1) is 0 Å². The molecule has 1 saturated heterocycles. The van der Waals surface area contributed by atoms with Gasteiger partial charge in [-0.3, -0.25) is 14.4 Å². The topological polar surface area (TPSA) is 90.8 Å². The van der Waals surface area contributed by atoms with E-state index in [1.54, 1.807) is 0 Å². The SMILES string of the molecule is CN(C)CCN(C)C1CCCCN1S(=O)(=O)c1ccc(NC(=O)c2cc(C(F)(F)F)nn2C)cc1. The second kappa shape index (κ2) is 10.6. The smallest absolute Gasteiger partial charge is 0.321 e. The van der Waals surface area contributed by atoms with Crippen molar-refractivity contribution < 1.29 is 26.4 Å². The van der Waals surface area contributed by atoms with Crippen LogP contribution in [0.25, 0.3) is 0 Å². The number of carbonyl (C=O) groups is 1. The highest BCUT2D eigenvalue weighted by atomic mass is 32.2. The van der Waals surface area contributed by atoms with E-state index in [4.69, 9.17) is 0 Å². The van der Waals surface area contributed by atoms with E-state index < -0.39 is 27.8 Å². The van der Waals surface area contributed by atoms with Gasteiger partial charge in [0.15, 0.2) is 5.69 Å². The van der Waals surface area contributed by atoms with Gasteiger partial charge in [0.05, 0.1) is 11.1 Å². The maximum atomic E-state index is 13.4. The summed E-state index contributed by atoms with van der Waals surface area (Å²) in [4.78, 5) is 16.6. The van der Waals surface area contributed by atoms with Gasteiger partial charge in [0, 0.05) is 38.4 Å². The van der Waals surface area contributed by atoms with Crippen LogP contribution in [0.1, 0.15) is 35.4 Å². The van der Waals surface area contributed by atoms with Gasteiger partial charge in [-0.25, -0.2) is 8.42 Å². The Morgan fingerprint density at radius 2 is 1.80 bits per heavy atom. The number of nitrogens with zero attached hydrogens (tertiary/aromatic N) is 5. The van der Waals surface area contributed by atoms with Gasteiger partial charge < -0.3 is 10.2 Å². The van der Waals surface area contributed by atoms with Crippen LogP contribution in [0.4, 0.5) is 18.9 Å². The molecule has 1 aromatic heterocycles. The Hall–Kier alpha value is -2.48. The molecule has 2 heterocycles. The number of hydrogen-bond acceptors (Lipinski definition) is 6. The molecule has 13 heteroatoms. The Kier molecular flexibility index (Phi) is 8.25. The molecule has 3 rings (SSSR count). The molecule has 0 spiro atoms. The van der Waals surface area contributed by atoms with Crippen molar-refractivity contribution in [2.45, 2.75) is 36.5 Å². The summed E-state index contributed by atoms with van der Waals surface area (Å²) >= 11 is 0. The summed E-state index contributed by atoms with van der Waals surface area (Å²) in [5, 5.41) is 5.81. The summed E-state index contributed by atoms with van der Waals surface area (Å²) in [7, 11) is 3.31. The molecule has 1 unspecified atom stereocenters. The molecule has 1 aliphatic heterocycles. The third-order valence-electron chi connectivity index (χ3n) is 5.95. The van der Waals surface area contributed by atoms with Crippen molar-refractivity contribution >= 4 is 21.6 Å². The molecule has 0 saturated carbocycles. The van der Waals surface area contributed by atoms with Gasteiger partial charge >= 0.3 is 6.18 Å². The van der Waals surface area contributed by atoms with E-state index in [2.05, 4.69) is 15.3 Å². The highest BCUT2D eigenvalue weighted by Gasteiger charge is 2.36. The molecule has 0 bridgehead atoms. The van der Waals surface area contributed by atoms with Crippen LogP contribution in [0.2, 0.25) is 0 Å². The third kappa shape index (κ3) is 6.40. The molecule has 0 aliphatic carbocycles. The van der Waals surface area contributed by atoms with Crippen LogP contribution in [-0.2, 0) is 23.2 Å². The van der Waals surface area contributed by atoms with E-state index in [1.807, 2.05) is 26.0 Å². The van der Waals surface area contributed by atoms with Crippen LogP contribution in [0.3, 0.4) is 0 Å². The summed E-state index contributed by atoms with van der Waals surface area (Å²) in [6, 6.07) is 6.28. The molecule has 2 aromatic rings. The number of anilines is 1. The van der Waals surface area contributed by atoms with Crippen molar-refractivity contribution in [1.82, 2.24) is 23.9 Å². The number of nitrogens with one attached hydrogen (secondary N) is 1. The number of amides is 1. The van der Waals surface area contributed by atoms with E-state index in [0.717, 1.165) is 37.0 Å². The second-order valence-corrected chi connectivity index (χ2v) is 10.8. The molecular weight excluding hydrogens is 485 g/mol. The molecule has 35 heavy (non-hydrogen) atoms. The number of piperidine rings is 1. The minimum absolute atomic E-state index is 0.0864. The molecule has 1 N–H and O–H groups in total. The van der Waals surface area contributed by atoms with Crippen molar-refractivity contribution in [1.29, 1.82) is 0 Å². The number of benzene rings is 1. The zero-order chi connectivity index (χ0) is 26.0. The zero-order valence-electron chi connectivity index (χ0n) is 20.2. The highest BCUT2D eigenvalue weighted by molar-refractivity contribution is 7.89. The Balaban J connectivity index is 1.74. The van der Waals surface area contributed by atoms with Gasteiger partial charge in [-0.15, -0.1) is 0 Å². The third-order valence-corrected chi connectivity index (χ3v) is 7.86. The van der Waals surface area contributed by atoms with Crippen LogP contribution in [0.5, 0.6) is 0 Å². The molecule has 9 nitrogen and oxygen atoms in total. The lowest BCUT2D eigenvalue weighted by atomic mass is 10.1. The van der Waals surface area contributed by atoms with E-state index in [1.165, 1.54) is 35.6 Å². The monoisotopic (exact) mass is 516 g/mol. The Labute approximate surface area is 203 Å². The average Bonchev–Trinajstić information content (AvgIpc) is 3.20. The fourth-order valence-electron chi connectivity index (χ4n) is 3.97. The summed E-state index contributed by atoms with van der Waals surface area (Å²) in [6.07, 6.45) is -2.46. The largest absolute Gasteiger partial charge is 0.435 e. The number of alkyl halides is 3. The Bertz CT molecular complexity index is 1130. The minimum Gasteiger partial charge on any atom is -0.321 e. The molecule has 1 aliphatic rings. The first-order valence-corrected chi connectivity index (χ1v) is 12.6. The molecular formula is C22H31F3N6O3S. The lowest BCUT2D eigenvalue weighted by Gasteiger charge is -2.40. The van der Waals surface area contributed by atoms with Crippen LogP contribution in [0.15, 0.2) is 35.2 Å². The van der Waals surface area contributed by atoms with Crippen LogP contribution in [-0.4, -0.2) is 85.2 Å². The van der Waals surface area contributed by atoms with Gasteiger partial charge in [0.1, 0.15) is 5.69 Å². The maximum Gasteiger partial charge on any atom is 0.435 e. The predicted molar refractivity (Wildman–Crippen MR) is 125 cm³/mol. The van der Waals surface area contributed by atoms with Crippen molar-refractivity contribution in [3.05, 3.63) is 41.7 Å². The molecule has 1 amide bonds. The first-order valence-electron chi connectivity index (χ1n) is 11.2. The second-order valence-electron chi connectivity index (χ2n) is 8.89. The lowest BCUT2D eigenvalue weighted by molar-refractivity contribution is -0.141. The molecule has 0 radical (unpaired) electrons. The van der Waals surface area contributed by atoms with Crippen LogP contribution >= 0.6 is 0 Å². The number of aromatic nitrogens is 2. The van der Waals surface area contributed by atoms with Crippen molar-refractivity contribution in [2.24, 2.45) is 7.05 Å². The number of rotatable bonds is 8. The Morgan fingerprint density at radius 3 is 2.37 bits per heavy atom. The zero-order valence-corrected chi connectivity index (χ0v) is 21.0. The summed E-state index contributed by atoms with van der Waals surface area (Å²) in [6.45, 7) is 1.94. The number of hydrogen-bond donors (Lipinski definition) is 1. The van der Waals surface area contributed by atoms with Crippen LogP contribution < -0.4 is 5.32 Å². The Morgan fingerprint density at radius 1 is 1.14 bits per heavy atom. The number of halogens is 3. The van der Waals surface area contributed by atoms with Gasteiger partial charge in [-0.1, -0.05) is 0 Å². The normalized spacial score (nSPS) is 17.8. The standard InChI is InChI=1S/C22H31F3N6O3S/c1-28(2)13-14-29(3)20-7-5-6-12-31(20)35(33,34)17-10-8-16(9-11-17)26-21(32)18-15-19(22(23,24)25)27-30(18)4/h8-11,15,20H,5-7,12-14H2,1-4H3,(H,26,32). The number of likely N-dealkylation sites (N-methyl/N-ethyl adjacent to an activating group) is 2. The molecule has 1 aromatic carbocycles.